The maximum absolute atomic E-state index is 10.1. The summed E-state index contributed by atoms with van der Waals surface area (Å²) in [6, 6.07) is 0. The summed E-state index contributed by atoms with van der Waals surface area (Å²) in [5, 5.41) is 10.1. The molecule has 1 heterocycles. The minimum atomic E-state index is -0.250. The van der Waals surface area contributed by atoms with E-state index in [1.165, 1.54) is 0 Å². The highest BCUT2D eigenvalue weighted by Crippen LogP contribution is 2.04. The molecule has 0 fully saturated rings. The van der Waals surface area contributed by atoms with Crippen molar-refractivity contribution in [3.8, 4) is 0 Å². The lowest BCUT2D eigenvalue weighted by atomic mass is 10.1. The zero-order chi connectivity index (χ0) is 13.1. The van der Waals surface area contributed by atoms with Crippen molar-refractivity contribution in [2.75, 3.05) is 13.2 Å². The van der Waals surface area contributed by atoms with Crippen molar-refractivity contribution in [3.63, 3.8) is 0 Å². The Balaban J connectivity index is 1.86. The summed E-state index contributed by atoms with van der Waals surface area (Å²) in [6.45, 7) is 0.783. The van der Waals surface area contributed by atoms with Gasteiger partial charge in [0.25, 0.3) is 0 Å². The van der Waals surface area contributed by atoms with Crippen LogP contribution in [0.4, 0.5) is 0 Å². The second kappa shape index (κ2) is 9.32. The average molecular weight is 254 g/mol. The molecule has 1 aromatic heterocycles. The van der Waals surface area contributed by atoms with Gasteiger partial charge in [-0.05, 0) is 19.3 Å². The molecule has 18 heavy (non-hydrogen) atoms. The van der Waals surface area contributed by atoms with E-state index in [0.29, 0.717) is 13.0 Å². The Morgan fingerprint density at radius 1 is 1.06 bits per heavy atom. The zero-order valence-electron chi connectivity index (χ0n) is 10.5. The quantitative estimate of drug-likeness (QED) is 0.274. The molecule has 0 spiro atoms. The van der Waals surface area contributed by atoms with Gasteiger partial charge in [0.2, 0.25) is 18.9 Å². The lowest BCUT2D eigenvalue weighted by Gasteiger charge is -1.99. The van der Waals surface area contributed by atoms with E-state index in [1.54, 1.807) is 29.5 Å². The normalized spacial score (nSPS) is 10.2. The van der Waals surface area contributed by atoms with Crippen molar-refractivity contribution in [3.05, 3.63) is 34.9 Å². The van der Waals surface area contributed by atoms with E-state index in [0.717, 1.165) is 32.1 Å². The molecule has 1 aromatic rings. The molecule has 6 nitrogen and oxygen atoms in total. The second-order valence-electron chi connectivity index (χ2n) is 4.12. The number of aromatic nitrogens is 2. The molecule has 0 N–H and O–H groups in total. The van der Waals surface area contributed by atoms with Crippen LogP contribution in [0.25, 0.3) is 0 Å². The third kappa shape index (κ3) is 7.54. The molecule has 0 aromatic carbocycles. The summed E-state index contributed by atoms with van der Waals surface area (Å²) in [6.07, 6.45) is 12.8. The molecule has 0 amide bonds. The van der Waals surface area contributed by atoms with E-state index in [9.17, 15) is 10.1 Å². The molecule has 0 saturated carbocycles. The van der Waals surface area contributed by atoms with Crippen molar-refractivity contribution in [1.82, 2.24) is 4.98 Å². The SMILES string of the molecule is O=[N+]([O-])CCCCCCCCO[n+]1ccncc1. The molecule has 1 rings (SSSR count). The van der Waals surface area contributed by atoms with Gasteiger partial charge in [0.15, 0.2) is 6.61 Å². The lowest BCUT2D eigenvalue weighted by molar-refractivity contribution is -0.891. The van der Waals surface area contributed by atoms with Crippen molar-refractivity contribution >= 4 is 0 Å². The maximum atomic E-state index is 10.1. The topological polar surface area (TPSA) is 69.1 Å². The first-order valence-electron chi connectivity index (χ1n) is 6.35. The van der Waals surface area contributed by atoms with Crippen molar-refractivity contribution < 1.29 is 14.5 Å². The fourth-order valence-electron chi connectivity index (χ4n) is 1.61. The lowest BCUT2D eigenvalue weighted by Crippen LogP contribution is -2.42. The fraction of sp³-hybridized carbons (Fsp3) is 0.667. The fourth-order valence-corrected chi connectivity index (χ4v) is 1.61. The number of hydrogen-bond donors (Lipinski definition) is 0. The Morgan fingerprint density at radius 2 is 1.67 bits per heavy atom. The highest BCUT2D eigenvalue weighted by molar-refractivity contribution is 4.61. The molecule has 0 bridgehead atoms. The van der Waals surface area contributed by atoms with Crippen LogP contribution in [0, 0.1) is 10.1 Å². The summed E-state index contributed by atoms with van der Waals surface area (Å²) >= 11 is 0. The number of unbranched alkanes of at least 4 members (excludes halogenated alkanes) is 5. The van der Waals surface area contributed by atoms with Crippen LogP contribution in [0.5, 0.6) is 0 Å². The van der Waals surface area contributed by atoms with E-state index in [2.05, 4.69) is 4.98 Å². The van der Waals surface area contributed by atoms with Crippen molar-refractivity contribution in [2.45, 2.75) is 38.5 Å². The second-order valence-corrected chi connectivity index (χ2v) is 4.12. The van der Waals surface area contributed by atoms with Gasteiger partial charge in [0, 0.05) is 16.1 Å². The molecule has 0 saturated heterocycles. The van der Waals surface area contributed by atoms with E-state index in [1.807, 2.05) is 0 Å². The van der Waals surface area contributed by atoms with Crippen LogP contribution in [0.2, 0.25) is 0 Å². The maximum Gasteiger partial charge on any atom is 0.240 e. The van der Waals surface area contributed by atoms with Gasteiger partial charge in [0.1, 0.15) is 0 Å². The first-order chi connectivity index (χ1) is 8.79. The highest BCUT2D eigenvalue weighted by atomic mass is 16.7. The van der Waals surface area contributed by atoms with Gasteiger partial charge >= 0.3 is 0 Å². The number of hydrogen-bond acceptors (Lipinski definition) is 4. The Hall–Kier alpha value is -1.72. The summed E-state index contributed by atoms with van der Waals surface area (Å²) in [4.78, 5) is 19.2. The van der Waals surface area contributed by atoms with Crippen LogP contribution >= 0.6 is 0 Å². The number of nitrogens with zero attached hydrogens (tertiary/aromatic N) is 3. The summed E-state index contributed by atoms with van der Waals surface area (Å²) in [5.74, 6) is 0. The molecular weight excluding hydrogens is 234 g/mol. The molecule has 0 aliphatic carbocycles. The van der Waals surface area contributed by atoms with E-state index in [4.69, 9.17) is 4.84 Å². The molecule has 0 aliphatic rings. The van der Waals surface area contributed by atoms with Gasteiger partial charge in [-0.1, -0.05) is 12.8 Å². The van der Waals surface area contributed by atoms with Crippen LogP contribution in [-0.2, 0) is 0 Å². The highest BCUT2D eigenvalue weighted by Gasteiger charge is 1.99. The number of rotatable bonds is 10. The molecule has 6 heteroatoms. The first-order valence-corrected chi connectivity index (χ1v) is 6.35. The van der Waals surface area contributed by atoms with E-state index < -0.39 is 0 Å². The third-order valence-electron chi connectivity index (χ3n) is 2.57. The Morgan fingerprint density at radius 3 is 2.33 bits per heavy atom. The summed E-state index contributed by atoms with van der Waals surface area (Å²) in [5.41, 5.74) is 0. The monoisotopic (exact) mass is 254 g/mol. The van der Waals surface area contributed by atoms with Gasteiger partial charge in [-0.25, -0.2) is 0 Å². The Labute approximate surface area is 107 Å². The minimum absolute atomic E-state index is 0.0990. The summed E-state index contributed by atoms with van der Waals surface area (Å²) in [7, 11) is 0. The first kappa shape index (κ1) is 14.3. The molecular formula is C12H20N3O3+. The van der Waals surface area contributed by atoms with Crippen molar-refractivity contribution in [2.24, 2.45) is 0 Å². The third-order valence-corrected chi connectivity index (χ3v) is 2.57. The molecule has 0 atom stereocenters. The van der Waals surface area contributed by atoms with Gasteiger partial charge in [-0.2, -0.15) is 0 Å². The van der Waals surface area contributed by atoms with Crippen LogP contribution in [0.15, 0.2) is 24.8 Å². The molecule has 100 valence electrons. The van der Waals surface area contributed by atoms with Gasteiger partial charge < -0.3 is 0 Å². The van der Waals surface area contributed by atoms with E-state index >= 15 is 0 Å². The predicted molar refractivity (Wildman–Crippen MR) is 65.4 cm³/mol. The molecule has 0 radical (unpaired) electrons. The molecule has 0 aliphatic heterocycles. The van der Waals surface area contributed by atoms with Crippen LogP contribution in [-0.4, -0.2) is 23.1 Å². The van der Waals surface area contributed by atoms with Gasteiger partial charge in [0.05, 0.1) is 12.4 Å². The molecule has 0 unspecified atom stereocenters. The van der Waals surface area contributed by atoms with Gasteiger partial charge in [-0.15, -0.1) is 0 Å². The standard InChI is InChI=1S/C12H20N3O3/c16-15(17)9-5-3-1-2-4-6-12-18-14-10-7-13-8-11-14/h7-8,10-11H,1-6,9,12H2/q+1. The minimum Gasteiger partial charge on any atom is -0.271 e. The smallest absolute Gasteiger partial charge is 0.240 e. The largest absolute Gasteiger partial charge is 0.271 e. The van der Waals surface area contributed by atoms with Crippen LogP contribution < -0.4 is 9.57 Å². The van der Waals surface area contributed by atoms with E-state index in [-0.39, 0.29) is 11.5 Å². The average Bonchev–Trinajstić information content (AvgIpc) is 2.37. The zero-order valence-corrected chi connectivity index (χ0v) is 10.5. The summed E-state index contributed by atoms with van der Waals surface area (Å²) < 4.78 is 1.64. The van der Waals surface area contributed by atoms with Gasteiger partial charge in [-0.3, -0.25) is 19.9 Å². The van der Waals surface area contributed by atoms with Crippen molar-refractivity contribution in [1.29, 1.82) is 0 Å². The Kier molecular flexibility index (Phi) is 7.43. The number of nitro groups is 1. The predicted octanol–water partition coefficient (Wildman–Crippen LogP) is 1.41. The van der Waals surface area contributed by atoms with Crippen LogP contribution in [0.3, 0.4) is 0 Å². The van der Waals surface area contributed by atoms with Crippen LogP contribution in [0.1, 0.15) is 38.5 Å². The Bertz CT molecular complexity index is 333.